The minimum atomic E-state index is -4.73. The first-order chi connectivity index (χ1) is 15.5. The average Bonchev–Trinajstić information content (AvgIpc) is 3.04. The summed E-state index contributed by atoms with van der Waals surface area (Å²) in [4.78, 5) is 0. The van der Waals surface area contributed by atoms with E-state index >= 15 is 0 Å². The molecule has 3 saturated carbocycles. The van der Waals surface area contributed by atoms with E-state index in [1.54, 1.807) is 0 Å². The maximum absolute atomic E-state index is 14.6. The second-order valence-electron chi connectivity index (χ2n) is 13.5. The second kappa shape index (κ2) is 8.48. The molecule has 0 aromatic heterocycles. The van der Waals surface area contributed by atoms with E-state index in [1.807, 2.05) is 13.8 Å². The molecule has 34 heavy (non-hydrogen) atoms. The van der Waals surface area contributed by atoms with Crippen LogP contribution >= 0.6 is 0 Å². The molecule has 9 atom stereocenters. The van der Waals surface area contributed by atoms with E-state index in [-0.39, 0.29) is 29.1 Å². The maximum atomic E-state index is 14.6. The maximum Gasteiger partial charge on any atom is 0.421 e. The van der Waals surface area contributed by atoms with Crippen LogP contribution in [0.2, 0.25) is 0 Å². The Labute approximate surface area is 203 Å². The van der Waals surface area contributed by atoms with Crippen LogP contribution in [0.3, 0.4) is 0 Å². The Balaban J connectivity index is 1.66. The highest BCUT2D eigenvalue weighted by Crippen LogP contribution is 2.70. The van der Waals surface area contributed by atoms with Crippen LogP contribution in [0.4, 0.5) is 13.2 Å². The molecular formula is C28H45F3O3. The first kappa shape index (κ1) is 26.5. The zero-order valence-electron chi connectivity index (χ0n) is 21.6. The van der Waals surface area contributed by atoms with Gasteiger partial charge >= 0.3 is 6.18 Å². The van der Waals surface area contributed by atoms with Crippen molar-refractivity contribution in [1.82, 2.24) is 0 Å². The monoisotopic (exact) mass is 486 g/mol. The van der Waals surface area contributed by atoms with Crippen LogP contribution < -0.4 is 0 Å². The van der Waals surface area contributed by atoms with E-state index in [2.05, 4.69) is 20.8 Å². The molecule has 196 valence electrons. The molecule has 0 saturated heterocycles. The second-order valence-corrected chi connectivity index (χ2v) is 13.5. The van der Waals surface area contributed by atoms with Gasteiger partial charge in [-0.2, -0.15) is 13.2 Å². The predicted molar refractivity (Wildman–Crippen MR) is 127 cm³/mol. The largest absolute Gasteiger partial charge is 0.421 e. The average molecular weight is 487 g/mol. The van der Waals surface area contributed by atoms with Gasteiger partial charge in [-0.1, -0.05) is 39.2 Å². The van der Waals surface area contributed by atoms with Crippen LogP contribution in [0, 0.1) is 40.4 Å². The summed E-state index contributed by atoms with van der Waals surface area (Å²) in [6, 6.07) is 0. The van der Waals surface area contributed by atoms with Crippen molar-refractivity contribution in [1.29, 1.82) is 0 Å². The van der Waals surface area contributed by atoms with Crippen LogP contribution in [-0.2, 0) is 0 Å². The van der Waals surface area contributed by atoms with Gasteiger partial charge in [-0.15, -0.1) is 0 Å². The topological polar surface area (TPSA) is 60.7 Å². The van der Waals surface area contributed by atoms with Gasteiger partial charge < -0.3 is 15.3 Å². The van der Waals surface area contributed by atoms with Crippen molar-refractivity contribution in [3.8, 4) is 0 Å². The number of alkyl halides is 3. The van der Waals surface area contributed by atoms with Gasteiger partial charge in [0.05, 0.1) is 11.7 Å². The first-order valence-electron chi connectivity index (χ1n) is 13.4. The normalized spacial score (nSPS) is 45.7. The molecule has 4 rings (SSSR count). The lowest BCUT2D eigenvalue weighted by molar-refractivity contribution is -0.290. The molecule has 4 aliphatic rings. The third kappa shape index (κ3) is 4.18. The fraction of sp³-hybridized carbons (Fsp3) is 0.929. The third-order valence-electron chi connectivity index (χ3n) is 10.8. The van der Waals surface area contributed by atoms with Crippen LogP contribution in [0.1, 0.15) is 98.8 Å². The number of halogens is 3. The van der Waals surface area contributed by atoms with Crippen molar-refractivity contribution >= 4 is 0 Å². The lowest BCUT2D eigenvalue weighted by Crippen LogP contribution is -2.64. The highest BCUT2D eigenvalue weighted by atomic mass is 19.4. The molecule has 3 N–H and O–H groups in total. The SMILES string of the molecule is C[C@H](CCCC(C)(C)O)[C@H]1CC[C@H]2[C@H]3[C@H](CC[C@]12C)[C@@]1(C)CC[C@H](O)CC1=C[C@]3(O)C(F)(F)F. The molecular weight excluding hydrogens is 441 g/mol. The van der Waals surface area contributed by atoms with E-state index in [9.17, 15) is 28.5 Å². The molecule has 0 bridgehead atoms. The summed E-state index contributed by atoms with van der Waals surface area (Å²) in [6.45, 7) is 10.2. The number of hydrogen-bond acceptors (Lipinski definition) is 3. The molecule has 3 fully saturated rings. The van der Waals surface area contributed by atoms with Gasteiger partial charge in [0, 0.05) is 5.92 Å². The minimum Gasteiger partial charge on any atom is -0.393 e. The van der Waals surface area contributed by atoms with Crippen molar-refractivity contribution in [2.24, 2.45) is 40.4 Å². The summed E-state index contributed by atoms with van der Waals surface area (Å²) in [5.41, 5.74) is -3.50. The first-order valence-corrected chi connectivity index (χ1v) is 13.4. The molecule has 0 radical (unpaired) electrons. The number of rotatable bonds is 5. The standard InChI is InChI=1S/C28H45F3O3/c1-17(7-6-12-24(2,3)33)20-8-9-21-23-22(11-14-26(20,21)5)25(4)13-10-19(32)15-18(25)16-27(23,34)28(29,30)31/h16-17,19-23,32-34H,6-15H2,1-5H3/t17-,19+,20-,21+,22+,23+,25+,26-,27-/m1/s1. The van der Waals surface area contributed by atoms with E-state index in [0.717, 1.165) is 44.6 Å². The summed E-state index contributed by atoms with van der Waals surface area (Å²) in [5.74, 6) is -0.495. The predicted octanol–water partition coefficient (Wildman–Crippen LogP) is 6.41. The van der Waals surface area contributed by atoms with Crippen molar-refractivity contribution in [3.63, 3.8) is 0 Å². The smallest absolute Gasteiger partial charge is 0.393 e. The highest BCUT2D eigenvalue weighted by molar-refractivity contribution is 5.33. The Morgan fingerprint density at radius 3 is 2.35 bits per heavy atom. The van der Waals surface area contributed by atoms with E-state index < -0.39 is 29.4 Å². The van der Waals surface area contributed by atoms with E-state index in [1.165, 1.54) is 0 Å². The molecule has 0 amide bonds. The van der Waals surface area contributed by atoms with Gasteiger partial charge in [0.2, 0.25) is 0 Å². The van der Waals surface area contributed by atoms with Gasteiger partial charge in [0.15, 0.2) is 5.60 Å². The summed E-state index contributed by atoms with van der Waals surface area (Å²) in [7, 11) is 0. The quantitative estimate of drug-likeness (QED) is 0.394. The zero-order valence-corrected chi connectivity index (χ0v) is 21.6. The van der Waals surface area contributed by atoms with Gasteiger partial charge in [0.1, 0.15) is 0 Å². The van der Waals surface area contributed by atoms with Gasteiger partial charge in [-0.25, -0.2) is 0 Å². The molecule has 6 heteroatoms. The van der Waals surface area contributed by atoms with E-state index in [4.69, 9.17) is 0 Å². The van der Waals surface area contributed by atoms with Crippen molar-refractivity contribution in [2.45, 2.75) is 122 Å². The Kier molecular flexibility index (Phi) is 6.60. The Morgan fingerprint density at radius 1 is 1.06 bits per heavy atom. The molecule has 4 aliphatic carbocycles. The minimum absolute atomic E-state index is 0.166. The van der Waals surface area contributed by atoms with Crippen molar-refractivity contribution in [3.05, 3.63) is 11.6 Å². The number of aliphatic hydroxyl groups is 3. The highest BCUT2D eigenvalue weighted by Gasteiger charge is 2.70. The van der Waals surface area contributed by atoms with Crippen molar-refractivity contribution in [2.75, 3.05) is 0 Å². The summed E-state index contributed by atoms with van der Waals surface area (Å²) in [6.07, 6.45) is 3.17. The van der Waals surface area contributed by atoms with Gasteiger partial charge in [0.25, 0.3) is 0 Å². The van der Waals surface area contributed by atoms with Crippen LogP contribution in [0.15, 0.2) is 11.6 Å². The molecule has 3 nitrogen and oxygen atoms in total. The molecule has 0 spiro atoms. The lowest BCUT2D eigenvalue weighted by Gasteiger charge is -2.62. The summed E-state index contributed by atoms with van der Waals surface area (Å²) in [5, 5.41) is 31.7. The van der Waals surface area contributed by atoms with Gasteiger partial charge in [-0.05, 0) is 106 Å². The molecule has 0 aromatic carbocycles. The number of fused-ring (bicyclic) bond motifs is 5. The number of aliphatic hydroxyl groups excluding tert-OH is 1. The zero-order chi connectivity index (χ0) is 25.3. The van der Waals surface area contributed by atoms with Crippen LogP contribution in [0.25, 0.3) is 0 Å². The Hall–Kier alpha value is -0.590. The summed E-state index contributed by atoms with van der Waals surface area (Å²) >= 11 is 0. The fourth-order valence-corrected chi connectivity index (χ4v) is 9.00. The molecule has 0 aromatic rings. The molecule has 0 heterocycles. The molecule has 0 aliphatic heterocycles. The Morgan fingerprint density at radius 2 is 1.74 bits per heavy atom. The number of hydrogen-bond donors (Lipinski definition) is 3. The Bertz CT molecular complexity index is 802. The fourth-order valence-electron chi connectivity index (χ4n) is 9.00. The molecule has 0 unspecified atom stereocenters. The van der Waals surface area contributed by atoms with E-state index in [0.29, 0.717) is 36.7 Å². The summed E-state index contributed by atoms with van der Waals surface area (Å²) < 4.78 is 43.8. The third-order valence-corrected chi connectivity index (χ3v) is 10.8. The van der Waals surface area contributed by atoms with Crippen LogP contribution in [0.5, 0.6) is 0 Å². The van der Waals surface area contributed by atoms with Crippen LogP contribution in [-0.4, -0.2) is 38.8 Å². The lowest BCUT2D eigenvalue weighted by atomic mass is 9.44. The van der Waals surface area contributed by atoms with Gasteiger partial charge in [-0.3, -0.25) is 0 Å². The van der Waals surface area contributed by atoms with Crippen molar-refractivity contribution < 1.29 is 28.5 Å².